The molecule has 0 fully saturated rings. The standard InChI is InChI=1S/C19H23NO3/c1-14(2)15-7-9-18(10-8-15)23-13-19(22)20-11-16-5-3-4-6-17(16)12-21/h3-10,14,21H,11-13H2,1-2H3,(H,20,22). The number of nitrogens with one attached hydrogen (secondary N) is 1. The minimum Gasteiger partial charge on any atom is -0.484 e. The molecule has 0 saturated heterocycles. The molecule has 0 aromatic heterocycles. The first kappa shape index (κ1) is 17.0. The quantitative estimate of drug-likeness (QED) is 0.826. The smallest absolute Gasteiger partial charge is 0.258 e. The van der Waals surface area contributed by atoms with Gasteiger partial charge in [0.05, 0.1) is 6.61 Å². The highest BCUT2D eigenvalue weighted by molar-refractivity contribution is 5.77. The Balaban J connectivity index is 1.81. The number of aliphatic hydroxyl groups excluding tert-OH is 1. The molecule has 4 nitrogen and oxygen atoms in total. The van der Waals surface area contributed by atoms with Crippen LogP contribution in [-0.4, -0.2) is 17.6 Å². The number of aliphatic hydroxyl groups is 1. The lowest BCUT2D eigenvalue weighted by Gasteiger charge is -2.11. The predicted molar refractivity (Wildman–Crippen MR) is 90.2 cm³/mol. The van der Waals surface area contributed by atoms with E-state index in [1.165, 1.54) is 5.56 Å². The monoisotopic (exact) mass is 313 g/mol. The number of rotatable bonds is 7. The van der Waals surface area contributed by atoms with Crippen molar-refractivity contribution in [1.29, 1.82) is 0 Å². The summed E-state index contributed by atoms with van der Waals surface area (Å²) in [6.07, 6.45) is 0. The van der Waals surface area contributed by atoms with E-state index in [0.29, 0.717) is 18.2 Å². The van der Waals surface area contributed by atoms with Crippen LogP contribution in [0.1, 0.15) is 36.5 Å². The van der Waals surface area contributed by atoms with Gasteiger partial charge in [-0.15, -0.1) is 0 Å². The fourth-order valence-corrected chi connectivity index (χ4v) is 2.23. The maximum absolute atomic E-state index is 11.9. The molecule has 4 heteroatoms. The van der Waals surface area contributed by atoms with Crippen LogP contribution in [-0.2, 0) is 17.9 Å². The Morgan fingerprint density at radius 2 is 1.74 bits per heavy atom. The molecule has 0 radical (unpaired) electrons. The van der Waals surface area contributed by atoms with Crippen LogP contribution in [0.5, 0.6) is 5.75 Å². The van der Waals surface area contributed by atoms with E-state index in [4.69, 9.17) is 4.74 Å². The Hall–Kier alpha value is -2.33. The van der Waals surface area contributed by atoms with E-state index in [1.54, 1.807) is 0 Å². The molecule has 0 heterocycles. The lowest BCUT2D eigenvalue weighted by molar-refractivity contribution is -0.123. The molecule has 0 aliphatic rings. The SMILES string of the molecule is CC(C)c1ccc(OCC(=O)NCc2ccccc2CO)cc1. The Bertz CT molecular complexity index is 635. The fraction of sp³-hybridized carbons (Fsp3) is 0.316. The van der Waals surface area contributed by atoms with Crippen molar-refractivity contribution < 1.29 is 14.6 Å². The molecule has 0 spiro atoms. The van der Waals surface area contributed by atoms with Crippen molar-refractivity contribution in [3.8, 4) is 5.75 Å². The molecule has 2 N–H and O–H groups in total. The van der Waals surface area contributed by atoms with E-state index >= 15 is 0 Å². The molecule has 0 unspecified atom stereocenters. The number of amides is 1. The lowest BCUT2D eigenvalue weighted by Crippen LogP contribution is -2.28. The van der Waals surface area contributed by atoms with Crippen LogP contribution < -0.4 is 10.1 Å². The van der Waals surface area contributed by atoms with Gasteiger partial charge < -0.3 is 15.2 Å². The molecule has 0 saturated carbocycles. The predicted octanol–water partition coefficient (Wildman–Crippen LogP) is 3.00. The van der Waals surface area contributed by atoms with Crippen molar-refractivity contribution in [3.05, 3.63) is 65.2 Å². The highest BCUT2D eigenvalue weighted by Gasteiger charge is 2.06. The molecule has 0 aliphatic carbocycles. The van der Waals surface area contributed by atoms with Gasteiger partial charge in [0.15, 0.2) is 6.61 Å². The zero-order valence-corrected chi connectivity index (χ0v) is 13.6. The normalized spacial score (nSPS) is 10.6. The minimum absolute atomic E-state index is 0.0255. The van der Waals surface area contributed by atoms with Gasteiger partial charge >= 0.3 is 0 Å². The lowest BCUT2D eigenvalue weighted by atomic mass is 10.0. The third kappa shape index (κ3) is 5.11. The second-order valence-electron chi connectivity index (χ2n) is 5.72. The van der Waals surface area contributed by atoms with E-state index < -0.39 is 0 Å². The Kier molecular flexibility index (Phi) is 6.18. The molecule has 1 amide bonds. The first-order valence-electron chi connectivity index (χ1n) is 7.77. The summed E-state index contributed by atoms with van der Waals surface area (Å²) in [5.74, 6) is 0.963. The second kappa shape index (κ2) is 8.34. The number of carbonyl (C=O) groups is 1. The molecular formula is C19H23NO3. The Morgan fingerprint density at radius 1 is 1.09 bits per heavy atom. The summed E-state index contributed by atoms with van der Waals surface area (Å²) in [7, 11) is 0. The number of benzene rings is 2. The average molecular weight is 313 g/mol. The maximum atomic E-state index is 11.9. The first-order valence-corrected chi connectivity index (χ1v) is 7.77. The van der Waals surface area contributed by atoms with Crippen molar-refractivity contribution in [1.82, 2.24) is 5.32 Å². The Labute approximate surface area is 137 Å². The maximum Gasteiger partial charge on any atom is 0.258 e. The van der Waals surface area contributed by atoms with Crippen LogP contribution in [0.15, 0.2) is 48.5 Å². The third-order valence-electron chi connectivity index (χ3n) is 3.68. The van der Waals surface area contributed by atoms with Gasteiger partial charge in [-0.2, -0.15) is 0 Å². The molecule has 122 valence electrons. The van der Waals surface area contributed by atoms with E-state index in [2.05, 4.69) is 19.2 Å². The summed E-state index contributed by atoms with van der Waals surface area (Å²) in [6.45, 7) is 4.58. The van der Waals surface area contributed by atoms with Gasteiger partial charge in [-0.1, -0.05) is 50.2 Å². The number of carbonyl (C=O) groups excluding carboxylic acids is 1. The topological polar surface area (TPSA) is 58.6 Å². The zero-order valence-electron chi connectivity index (χ0n) is 13.6. The van der Waals surface area contributed by atoms with Gasteiger partial charge in [0.1, 0.15) is 5.75 Å². The highest BCUT2D eigenvalue weighted by Crippen LogP contribution is 2.18. The third-order valence-corrected chi connectivity index (χ3v) is 3.68. The number of ether oxygens (including phenoxy) is 1. The van der Waals surface area contributed by atoms with E-state index in [0.717, 1.165) is 11.1 Å². The van der Waals surface area contributed by atoms with Gasteiger partial charge in [0.2, 0.25) is 0 Å². The van der Waals surface area contributed by atoms with Crippen molar-refractivity contribution in [2.75, 3.05) is 6.61 Å². The first-order chi connectivity index (χ1) is 11.1. The fourth-order valence-electron chi connectivity index (χ4n) is 2.23. The van der Waals surface area contributed by atoms with Crippen molar-refractivity contribution in [2.45, 2.75) is 32.9 Å². The van der Waals surface area contributed by atoms with Crippen LogP contribution in [0.4, 0.5) is 0 Å². The van der Waals surface area contributed by atoms with Gasteiger partial charge in [-0.05, 0) is 34.7 Å². The van der Waals surface area contributed by atoms with Gasteiger partial charge in [0, 0.05) is 6.54 Å². The van der Waals surface area contributed by atoms with E-state index in [9.17, 15) is 9.90 Å². The molecule has 2 aromatic rings. The number of hydrogen-bond donors (Lipinski definition) is 2. The van der Waals surface area contributed by atoms with Gasteiger partial charge in [-0.3, -0.25) is 4.79 Å². The van der Waals surface area contributed by atoms with E-state index in [1.807, 2.05) is 48.5 Å². The molecule has 0 aliphatic heterocycles. The zero-order chi connectivity index (χ0) is 16.7. The van der Waals surface area contributed by atoms with Gasteiger partial charge in [-0.25, -0.2) is 0 Å². The molecular weight excluding hydrogens is 290 g/mol. The van der Waals surface area contributed by atoms with Crippen LogP contribution in [0.2, 0.25) is 0 Å². The summed E-state index contributed by atoms with van der Waals surface area (Å²) in [6, 6.07) is 15.2. The summed E-state index contributed by atoms with van der Waals surface area (Å²) >= 11 is 0. The summed E-state index contributed by atoms with van der Waals surface area (Å²) in [5.41, 5.74) is 2.96. The van der Waals surface area contributed by atoms with Crippen molar-refractivity contribution in [2.24, 2.45) is 0 Å². The van der Waals surface area contributed by atoms with E-state index in [-0.39, 0.29) is 19.1 Å². The molecule has 2 aromatic carbocycles. The summed E-state index contributed by atoms with van der Waals surface area (Å²) < 4.78 is 5.49. The van der Waals surface area contributed by atoms with Crippen LogP contribution in [0, 0.1) is 0 Å². The van der Waals surface area contributed by atoms with Gasteiger partial charge in [0.25, 0.3) is 5.91 Å². The van der Waals surface area contributed by atoms with Crippen LogP contribution in [0.25, 0.3) is 0 Å². The van der Waals surface area contributed by atoms with Crippen LogP contribution >= 0.6 is 0 Å². The summed E-state index contributed by atoms with van der Waals surface area (Å²) in [4.78, 5) is 11.9. The molecule has 23 heavy (non-hydrogen) atoms. The Morgan fingerprint density at radius 3 is 2.35 bits per heavy atom. The van der Waals surface area contributed by atoms with Crippen molar-refractivity contribution in [3.63, 3.8) is 0 Å². The molecule has 0 bridgehead atoms. The number of hydrogen-bond acceptors (Lipinski definition) is 3. The largest absolute Gasteiger partial charge is 0.484 e. The minimum atomic E-state index is -0.189. The van der Waals surface area contributed by atoms with Crippen LogP contribution in [0.3, 0.4) is 0 Å². The molecule has 2 rings (SSSR count). The molecule has 0 atom stereocenters. The second-order valence-corrected chi connectivity index (χ2v) is 5.72. The average Bonchev–Trinajstić information content (AvgIpc) is 2.58. The summed E-state index contributed by atoms with van der Waals surface area (Å²) in [5, 5.41) is 12.1. The highest BCUT2D eigenvalue weighted by atomic mass is 16.5. The van der Waals surface area contributed by atoms with Crippen molar-refractivity contribution >= 4 is 5.91 Å².